The molecule has 1 amide bonds. The summed E-state index contributed by atoms with van der Waals surface area (Å²) < 4.78 is 15.6. The Morgan fingerprint density at radius 2 is 2.00 bits per heavy atom. The van der Waals surface area contributed by atoms with Crippen molar-refractivity contribution in [2.24, 2.45) is 0 Å². The minimum Gasteiger partial charge on any atom is -0.458 e. The Morgan fingerprint density at radius 3 is 2.56 bits per heavy atom. The van der Waals surface area contributed by atoms with Crippen molar-refractivity contribution in [1.29, 1.82) is 0 Å². The number of hydrogen-bond donors (Lipinski definition) is 0. The van der Waals surface area contributed by atoms with E-state index in [-0.39, 0.29) is 5.97 Å². The Bertz CT molecular complexity index is 310. The molecule has 0 N–H and O–H groups in total. The highest BCUT2D eigenvalue weighted by Gasteiger charge is 2.27. The standard InChI is InChI=1S/C12H21NO5/c1-9(14)17-10-7-13(5-6-16-8-10)11(15)18-12(2,3)4/h10H,5-8H2,1-4H3. The Labute approximate surface area is 107 Å². The van der Waals surface area contributed by atoms with Crippen LogP contribution < -0.4 is 0 Å². The van der Waals surface area contributed by atoms with Gasteiger partial charge in [-0.25, -0.2) is 4.79 Å². The Kier molecular flexibility index (Phi) is 4.95. The van der Waals surface area contributed by atoms with E-state index in [9.17, 15) is 9.59 Å². The summed E-state index contributed by atoms with van der Waals surface area (Å²) >= 11 is 0. The average molecular weight is 259 g/mol. The van der Waals surface area contributed by atoms with E-state index in [2.05, 4.69) is 0 Å². The molecule has 6 heteroatoms. The van der Waals surface area contributed by atoms with Crippen molar-refractivity contribution in [2.45, 2.75) is 39.4 Å². The molecule has 1 atom stereocenters. The molecule has 1 aliphatic heterocycles. The van der Waals surface area contributed by atoms with Crippen molar-refractivity contribution in [1.82, 2.24) is 4.90 Å². The molecule has 0 aromatic rings. The maximum atomic E-state index is 11.9. The number of amides is 1. The van der Waals surface area contributed by atoms with Crippen molar-refractivity contribution in [2.75, 3.05) is 26.3 Å². The van der Waals surface area contributed by atoms with Crippen LogP contribution in [-0.2, 0) is 19.0 Å². The Morgan fingerprint density at radius 1 is 1.33 bits per heavy atom. The molecule has 0 spiro atoms. The van der Waals surface area contributed by atoms with Gasteiger partial charge in [0.25, 0.3) is 0 Å². The molecular formula is C12H21NO5. The van der Waals surface area contributed by atoms with Gasteiger partial charge in [0.15, 0.2) is 0 Å². The molecule has 0 saturated carbocycles. The van der Waals surface area contributed by atoms with Crippen LogP contribution in [0.15, 0.2) is 0 Å². The first kappa shape index (κ1) is 14.8. The number of rotatable bonds is 1. The van der Waals surface area contributed by atoms with Crippen LogP contribution >= 0.6 is 0 Å². The zero-order valence-electron chi connectivity index (χ0n) is 11.4. The van der Waals surface area contributed by atoms with Crippen LogP contribution in [0.3, 0.4) is 0 Å². The van der Waals surface area contributed by atoms with Crippen LogP contribution in [0.5, 0.6) is 0 Å². The molecule has 0 bridgehead atoms. The molecule has 18 heavy (non-hydrogen) atoms. The molecule has 1 heterocycles. The molecule has 1 aliphatic rings. The third-order valence-electron chi connectivity index (χ3n) is 2.22. The highest BCUT2D eigenvalue weighted by atomic mass is 16.6. The van der Waals surface area contributed by atoms with E-state index in [4.69, 9.17) is 14.2 Å². The van der Waals surface area contributed by atoms with E-state index in [0.717, 1.165) is 0 Å². The summed E-state index contributed by atoms with van der Waals surface area (Å²) in [5.41, 5.74) is -0.541. The number of hydrogen-bond acceptors (Lipinski definition) is 5. The van der Waals surface area contributed by atoms with E-state index < -0.39 is 17.8 Å². The molecule has 104 valence electrons. The number of ether oxygens (including phenoxy) is 3. The van der Waals surface area contributed by atoms with Gasteiger partial charge in [-0.15, -0.1) is 0 Å². The first-order valence-electron chi connectivity index (χ1n) is 6.01. The van der Waals surface area contributed by atoms with Crippen molar-refractivity contribution in [3.05, 3.63) is 0 Å². The highest BCUT2D eigenvalue weighted by Crippen LogP contribution is 2.12. The molecule has 0 aromatic heterocycles. The predicted octanol–water partition coefficient (Wildman–Crippen LogP) is 1.19. The SMILES string of the molecule is CC(=O)OC1COCCN(C(=O)OC(C)(C)C)C1. The monoisotopic (exact) mass is 259 g/mol. The van der Waals surface area contributed by atoms with Gasteiger partial charge in [0.2, 0.25) is 0 Å². The predicted molar refractivity (Wildman–Crippen MR) is 64.2 cm³/mol. The number of esters is 1. The van der Waals surface area contributed by atoms with Gasteiger partial charge in [-0.3, -0.25) is 4.79 Å². The molecule has 0 aliphatic carbocycles. The second-order valence-corrected chi connectivity index (χ2v) is 5.23. The summed E-state index contributed by atoms with van der Waals surface area (Å²) in [5.74, 6) is -0.380. The lowest BCUT2D eigenvalue weighted by Crippen LogP contribution is -2.42. The van der Waals surface area contributed by atoms with Crippen LogP contribution in [-0.4, -0.2) is 55.0 Å². The number of carbonyl (C=O) groups excluding carboxylic acids is 2. The van der Waals surface area contributed by atoms with E-state index in [1.807, 2.05) is 20.8 Å². The minimum absolute atomic E-state index is 0.300. The molecule has 1 rings (SSSR count). The first-order valence-corrected chi connectivity index (χ1v) is 6.01. The molecule has 1 unspecified atom stereocenters. The fourth-order valence-corrected chi connectivity index (χ4v) is 1.58. The van der Waals surface area contributed by atoms with Crippen molar-refractivity contribution < 1.29 is 23.8 Å². The van der Waals surface area contributed by atoms with Crippen LogP contribution in [0, 0.1) is 0 Å². The molecule has 6 nitrogen and oxygen atoms in total. The Hall–Kier alpha value is -1.30. The first-order chi connectivity index (χ1) is 8.28. The third kappa shape index (κ3) is 5.35. The van der Waals surface area contributed by atoms with Crippen molar-refractivity contribution in [3.63, 3.8) is 0 Å². The van der Waals surface area contributed by atoms with E-state index in [0.29, 0.717) is 26.3 Å². The second-order valence-electron chi connectivity index (χ2n) is 5.23. The molecular weight excluding hydrogens is 238 g/mol. The Balaban J connectivity index is 2.58. The molecule has 0 radical (unpaired) electrons. The summed E-state index contributed by atoms with van der Waals surface area (Å²) in [6, 6.07) is 0. The lowest BCUT2D eigenvalue weighted by molar-refractivity contribution is -0.149. The van der Waals surface area contributed by atoms with Gasteiger partial charge in [-0.1, -0.05) is 0 Å². The molecule has 1 saturated heterocycles. The zero-order chi connectivity index (χ0) is 13.8. The van der Waals surface area contributed by atoms with Crippen LogP contribution in [0.25, 0.3) is 0 Å². The van der Waals surface area contributed by atoms with Gasteiger partial charge < -0.3 is 19.1 Å². The molecule has 1 fully saturated rings. The fourth-order valence-electron chi connectivity index (χ4n) is 1.58. The van der Waals surface area contributed by atoms with E-state index in [1.54, 1.807) is 0 Å². The van der Waals surface area contributed by atoms with Crippen molar-refractivity contribution in [3.8, 4) is 0 Å². The average Bonchev–Trinajstić information content (AvgIpc) is 2.39. The lowest BCUT2D eigenvalue weighted by atomic mass is 10.2. The van der Waals surface area contributed by atoms with E-state index >= 15 is 0 Å². The summed E-state index contributed by atoms with van der Waals surface area (Å²) in [5, 5.41) is 0. The number of carbonyl (C=O) groups is 2. The second kappa shape index (κ2) is 6.04. The maximum absolute atomic E-state index is 11.9. The van der Waals surface area contributed by atoms with Gasteiger partial charge in [-0.05, 0) is 20.8 Å². The number of nitrogens with zero attached hydrogens (tertiary/aromatic N) is 1. The summed E-state index contributed by atoms with van der Waals surface area (Å²) in [6.45, 7) is 8.22. The zero-order valence-corrected chi connectivity index (χ0v) is 11.4. The largest absolute Gasteiger partial charge is 0.458 e. The van der Waals surface area contributed by atoms with Crippen LogP contribution in [0.2, 0.25) is 0 Å². The van der Waals surface area contributed by atoms with Gasteiger partial charge in [0.05, 0.1) is 19.8 Å². The van der Waals surface area contributed by atoms with Gasteiger partial charge in [0.1, 0.15) is 11.7 Å². The van der Waals surface area contributed by atoms with E-state index in [1.165, 1.54) is 11.8 Å². The summed E-state index contributed by atoms with van der Waals surface area (Å²) in [7, 11) is 0. The van der Waals surface area contributed by atoms with Crippen LogP contribution in [0.1, 0.15) is 27.7 Å². The molecule has 0 aromatic carbocycles. The smallest absolute Gasteiger partial charge is 0.410 e. The summed E-state index contributed by atoms with van der Waals surface area (Å²) in [4.78, 5) is 24.3. The quantitative estimate of drug-likeness (QED) is 0.662. The fraction of sp³-hybridized carbons (Fsp3) is 0.833. The minimum atomic E-state index is -0.541. The lowest BCUT2D eigenvalue weighted by Gasteiger charge is -2.27. The van der Waals surface area contributed by atoms with Crippen LogP contribution in [0.4, 0.5) is 4.79 Å². The van der Waals surface area contributed by atoms with Gasteiger partial charge >= 0.3 is 12.1 Å². The van der Waals surface area contributed by atoms with Crippen molar-refractivity contribution >= 4 is 12.1 Å². The van der Waals surface area contributed by atoms with Gasteiger partial charge in [-0.2, -0.15) is 0 Å². The topological polar surface area (TPSA) is 65.1 Å². The summed E-state index contributed by atoms with van der Waals surface area (Å²) in [6.07, 6.45) is -0.845. The third-order valence-corrected chi connectivity index (χ3v) is 2.22. The van der Waals surface area contributed by atoms with Gasteiger partial charge in [0, 0.05) is 13.5 Å². The maximum Gasteiger partial charge on any atom is 0.410 e. The highest BCUT2D eigenvalue weighted by molar-refractivity contribution is 5.68. The normalized spacial score (nSPS) is 21.1.